The zero-order chi connectivity index (χ0) is 30.3. The molecule has 0 aliphatic carbocycles. The number of amides is 2. The Morgan fingerprint density at radius 3 is 2.15 bits per heavy atom. The number of halogens is 2. The summed E-state index contributed by atoms with van der Waals surface area (Å²) in [5.41, 5.74) is 3.36. The van der Waals surface area contributed by atoms with E-state index >= 15 is 0 Å². The van der Waals surface area contributed by atoms with Gasteiger partial charge in [-0.2, -0.15) is 0 Å². The van der Waals surface area contributed by atoms with Crippen molar-refractivity contribution in [3.63, 3.8) is 0 Å². The van der Waals surface area contributed by atoms with Gasteiger partial charge in [0.1, 0.15) is 12.6 Å². The van der Waals surface area contributed by atoms with E-state index in [-0.39, 0.29) is 17.3 Å². The molecule has 220 valence electrons. The maximum Gasteiger partial charge on any atom is 0.264 e. The first kappa shape index (κ1) is 32.4. The number of benzene rings is 3. The molecule has 3 aromatic carbocycles. The Morgan fingerprint density at radius 2 is 1.54 bits per heavy atom. The summed E-state index contributed by atoms with van der Waals surface area (Å²) in [5.74, 6) is -0.926. The predicted molar refractivity (Wildman–Crippen MR) is 166 cm³/mol. The van der Waals surface area contributed by atoms with Crippen molar-refractivity contribution in [3.05, 3.63) is 93.0 Å². The van der Waals surface area contributed by atoms with Crippen molar-refractivity contribution >= 4 is 50.7 Å². The Bertz CT molecular complexity index is 1470. The molecule has 0 saturated carbocycles. The van der Waals surface area contributed by atoms with Gasteiger partial charge in [0, 0.05) is 28.7 Å². The van der Waals surface area contributed by atoms with Gasteiger partial charge in [-0.1, -0.05) is 72.4 Å². The number of sulfonamides is 1. The minimum Gasteiger partial charge on any atom is -0.354 e. The second-order valence-electron chi connectivity index (χ2n) is 10.1. The second kappa shape index (κ2) is 14.2. The Morgan fingerprint density at radius 1 is 0.927 bits per heavy atom. The van der Waals surface area contributed by atoms with Gasteiger partial charge in [-0.15, -0.1) is 0 Å². The van der Waals surface area contributed by atoms with Crippen LogP contribution in [0.4, 0.5) is 5.69 Å². The molecule has 0 aromatic heterocycles. The maximum atomic E-state index is 14.1. The number of hydrogen-bond donors (Lipinski definition) is 1. The molecule has 0 spiro atoms. The first-order valence-corrected chi connectivity index (χ1v) is 15.7. The standard InChI is InChI=1S/C31H37Cl2N3O4S/c1-6-7-18-34-31(38)24(5)35(19-26-27(32)11-9-12-28(26)33)30(37)20-36(29-13-8-10-22(3)23(29)4)41(39,40)25-16-14-21(2)15-17-25/h8-17,24H,6-7,18-20H2,1-5H3,(H,34,38)/t24-/m0/s1. The Kier molecular flexibility index (Phi) is 11.2. The summed E-state index contributed by atoms with van der Waals surface area (Å²) in [5, 5.41) is 3.55. The number of aryl methyl sites for hydroxylation is 2. The smallest absolute Gasteiger partial charge is 0.264 e. The van der Waals surface area contributed by atoms with Crippen LogP contribution in [0.1, 0.15) is 48.9 Å². The fraction of sp³-hybridized carbons (Fsp3) is 0.355. The van der Waals surface area contributed by atoms with Crippen molar-refractivity contribution in [2.45, 2.75) is 64.9 Å². The highest BCUT2D eigenvalue weighted by Crippen LogP contribution is 2.30. The largest absolute Gasteiger partial charge is 0.354 e. The maximum absolute atomic E-state index is 14.1. The van der Waals surface area contributed by atoms with Crippen LogP contribution in [0.25, 0.3) is 0 Å². The number of rotatable bonds is 12. The highest BCUT2D eigenvalue weighted by molar-refractivity contribution is 7.92. The summed E-state index contributed by atoms with van der Waals surface area (Å²) in [7, 11) is -4.16. The topological polar surface area (TPSA) is 86.8 Å². The van der Waals surface area contributed by atoms with Gasteiger partial charge >= 0.3 is 0 Å². The molecule has 3 rings (SSSR count). The van der Waals surface area contributed by atoms with Gasteiger partial charge in [0.2, 0.25) is 11.8 Å². The van der Waals surface area contributed by atoms with Crippen LogP contribution in [0.15, 0.2) is 65.6 Å². The van der Waals surface area contributed by atoms with Gasteiger partial charge in [0.05, 0.1) is 10.6 Å². The lowest BCUT2D eigenvalue weighted by Gasteiger charge is -2.33. The molecule has 7 nitrogen and oxygen atoms in total. The fourth-order valence-corrected chi connectivity index (χ4v) is 6.32. The molecule has 1 N–H and O–H groups in total. The van der Waals surface area contributed by atoms with Gasteiger partial charge in [-0.3, -0.25) is 13.9 Å². The van der Waals surface area contributed by atoms with E-state index in [1.54, 1.807) is 49.4 Å². The molecule has 0 radical (unpaired) electrons. The Labute approximate surface area is 253 Å². The van der Waals surface area contributed by atoms with E-state index in [9.17, 15) is 18.0 Å². The summed E-state index contributed by atoms with van der Waals surface area (Å²) in [6.45, 7) is 9.05. The molecule has 0 fully saturated rings. The van der Waals surface area contributed by atoms with Gasteiger partial charge in [0.15, 0.2) is 0 Å². The van der Waals surface area contributed by atoms with Crippen molar-refractivity contribution < 1.29 is 18.0 Å². The zero-order valence-corrected chi connectivity index (χ0v) is 26.4. The molecule has 1 atom stereocenters. The summed E-state index contributed by atoms with van der Waals surface area (Å²) in [4.78, 5) is 28.6. The van der Waals surface area contributed by atoms with Crippen LogP contribution < -0.4 is 9.62 Å². The van der Waals surface area contributed by atoms with Crippen LogP contribution in [0.5, 0.6) is 0 Å². The van der Waals surface area contributed by atoms with Gasteiger partial charge in [0.25, 0.3) is 10.0 Å². The normalized spacial score (nSPS) is 12.1. The molecule has 0 bridgehead atoms. The van der Waals surface area contributed by atoms with E-state index in [4.69, 9.17) is 23.2 Å². The molecule has 41 heavy (non-hydrogen) atoms. The summed E-state index contributed by atoms with van der Waals surface area (Å²) >= 11 is 12.9. The fourth-order valence-electron chi connectivity index (χ4n) is 4.33. The molecule has 0 unspecified atom stereocenters. The van der Waals surface area contributed by atoms with Crippen LogP contribution in [-0.2, 0) is 26.2 Å². The predicted octanol–water partition coefficient (Wildman–Crippen LogP) is 6.45. The number of anilines is 1. The van der Waals surface area contributed by atoms with Crippen LogP contribution in [0.3, 0.4) is 0 Å². The third-order valence-corrected chi connectivity index (χ3v) is 9.60. The van der Waals surface area contributed by atoms with Crippen LogP contribution in [-0.4, -0.2) is 44.3 Å². The van der Waals surface area contributed by atoms with Crippen molar-refractivity contribution in [2.24, 2.45) is 0 Å². The third-order valence-electron chi connectivity index (χ3n) is 7.12. The molecule has 10 heteroatoms. The number of carbonyl (C=O) groups excluding carboxylic acids is 2. The number of carbonyl (C=O) groups is 2. The third kappa shape index (κ3) is 7.82. The molecule has 0 saturated heterocycles. The number of unbranched alkanes of at least 4 members (excludes halogenated alkanes) is 1. The van der Waals surface area contributed by atoms with E-state index in [0.717, 1.165) is 33.8 Å². The lowest BCUT2D eigenvalue weighted by molar-refractivity contribution is -0.139. The average molecular weight is 619 g/mol. The van der Waals surface area contributed by atoms with Crippen molar-refractivity contribution in [1.29, 1.82) is 0 Å². The minimum absolute atomic E-state index is 0.0582. The first-order valence-electron chi connectivity index (χ1n) is 13.5. The first-order chi connectivity index (χ1) is 19.4. The highest BCUT2D eigenvalue weighted by Gasteiger charge is 2.33. The van der Waals surface area contributed by atoms with E-state index in [1.807, 2.05) is 33.8 Å². The van der Waals surface area contributed by atoms with Crippen molar-refractivity contribution in [1.82, 2.24) is 10.2 Å². The Balaban J connectivity index is 2.08. The number of nitrogens with one attached hydrogen (secondary N) is 1. The van der Waals surface area contributed by atoms with Crippen LogP contribution in [0.2, 0.25) is 10.0 Å². The van der Waals surface area contributed by atoms with Gasteiger partial charge in [-0.05, 0) is 75.6 Å². The van der Waals surface area contributed by atoms with Gasteiger partial charge < -0.3 is 10.2 Å². The van der Waals surface area contributed by atoms with Crippen LogP contribution >= 0.6 is 23.2 Å². The zero-order valence-electron chi connectivity index (χ0n) is 24.1. The SMILES string of the molecule is CCCCNC(=O)[C@H](C)N(Cc1c(Cl)cccc1Cl)C(=O)CN(c1cccc(C)c1C)S(=O)(=O)c1ccc(C)cc1. The molecular weight excluding hydrogens is 581 g/mol. The lowest BCUT2D eigenvalue weighted by Crippen LogP contribution is -2.51. The number of hydrogen-bond acceptors (Lipinski definition) is 4. The van der Waals surface area contributed by atoms with Crippen molar-refractivity contribution in [3.8, 4) is 0 Å². The lowest BCUT2D eigenvalue weighted by atomic mass is 10.1. The number of nitrogens with zero attached hydrogens (tertiary/aromatic N) is 2. The van der Waals surface area contributed by atoms with E-state index in [0.29, 0.717) is 27.8 Å². The highest BCUT2D eigenvalue weighted by atomic mass is 35.5. The average Bonchev–Trinajstić information content (AvgIpc) is 2.93. The molecule has 0 aliphatic rings. The molecular formula is C31H37Cl2N3O4S. The monoisotopic (exact) mass is 617 g/mol. The van der Waals surface area contributed by atoms with E-state index in [2.05, 4.69) is 5.32 Å². The summed E-state index contributed by atoms with van der Waals surface area (Å²) < 4.78 is 29.2. The van der Waals surface area contributed by atoms with E-state index < -0.39 is 28.5 Å². The second-order valence-corrected chi connectivity index (χ2v) is 12.8. The van der Waals surface area contributed by atoms with Crippen molar-refractivity contribution in [2.75, 3.05) is 17.4 Å². The summed E-state index contributed by atoms with van der Waals surface area (Å²) in [6, 6.07) is 15.9. The minimum atomic E-state index is -4.16. The molecule has 0 aliphatic heterocycles. The van der Waals surface area contributed by atoms with Crippen LogP contribution in [0, 0.1) is 20.8 Å². The molecule has 2 amide bonds. The van der Waals surface area contributed by atoms with Gasteiger partial charge in [-0.25, -0.2) is 8.42 Å². The summed E-state index contributed by atoms with van der Waals surface area (Å²) in [6.07, 6.45) is 1.69. The quantitative estimate of drug-likeness (QED) is 0.237. The van der Waals surface area contributed by atoms with E-state index in [1.165, 1.54) is 17.0 Å². The molecule has 0 heterocycles. The Hall–Kier alpha value is -3.07. The molecule has 3 aromatic rings.